The second kappa shape index (κ2) is 9.91. The predicted molar refractivity (Wildman–Crippen MR) is 157 cm³/mol. The molecule has 0 aromatic heterocycles. The lowest BCUT2D eigenvalue weighted by Crippen LogP contribution is -2.71. The molecule has 6 rings (SSSR count). The van der Waals surface area contributed by atoms with Crippen molar-refractivity contribution in [2.24, 2.45) is 0 Å². The van der Waals surface area contributed by atoms with Crippen molar-refractivity contribution in [1.29, 1.82) is 0 Å². The quantitative estimate of drug-likeness (QED) is 0.433. The number of carboxylic acids is 1. The molecule has 222 valence electrons. The van der Waals surface area contributed by atoms with Gasteiger partial charge in [0, 0.05) is 29.4 Å². The van der Waals surface area contributed by atoms with Crippen molar-refractivity contribution in [1.82, 2.24) is 20.4 Å². The average molecular weight is 594 g/mol. The molecule has 0 bridgehead atoms. The van der Waals surface area contributed by atoms with E-state index in [2.05, 4.69) is 41.5 Å². The molecule has 0 aliphatic carbocycles. The van der Waals surface area contributed by atoms with Gasteiger partial charge < -0.3 is 30.3 Å². The number of carboxylic acid groups (broad SMARTS) is 1. The number of fused-ring (bicyclic) bond motifs is 4. The molecule has 0 saturated carbocycles. The number of hydrogen-bond acceptors (Lipinski definition) is 8. The molecule has 42 heavy (non-hydrogen) atoms. The van der Waals surface area contributed by atoms with E-state index >= 15 is 0 Å². The zero-order chi connectivity index (χ0) is 30.1. The molecule has 3 amide bonds. The Morgan fingerprint density at radius 1 is 1.10 bits per heavy atom. The summed E-state index contributed by atoms with van der Waals surface area (Å²) in [5.41, 5.74) is 2.63. The summed E-state index contributed by atoms with van der Waals surface area (Å²) in [7, 11) is 4.19. The summed E-state index contributed by atoms with van der Waals surface area (Å²) in [6, 6.07) is 11.3. The van der Waals surface area contributed by atoms with E-state index in [0.717, 1.165) is 24.2 Å². The minimum absolute atomic E-state index is 0.100. The fraction of sp³-hybridized carbons (Fsp3) is 0.467. The monoisotopic (exact) mass is 593 g/mol. The molecule has 3 N–H and O–H groups in total. The van der Waals surface area contributed by atoms with Crippen LogP contribution < -0.4 is 20.3 Å². The summed E-state index contributed by atoms with van der Waals surface area (Å²) in [6.07, 6.45) is 0.403. The highest BCUT2D eigenvalue weighted by molar-refractivity contribution is 8.01. The van der Waals surface area contributed by atoms with Gasteiger partial charge in [0.2, 0.25) is 11.8 Å². The van der Waals surface area contributed by atoms with Gasteiger partial charge in [0.05, 0.1) is 6.17 Å². The van der Waals surface area contributed by atoms with E-state index in [9.17, 15) is 24.3 Å². The molecule has 2 aromatic carbocycles. The van der Waals surface area contributed by atoms with Gasteiger partial charge >= 0.3 is 12.1 Å². The molecule has 12 heteroatoms. The van der Waals surface area contributed by atoms with Crippen LogP contribution in [0.4, 0.5) is 10.5 Å². The third kappa shape index (κ3) is 4.30. The van der Waals surface area contributed by atoms with Crippen molar-refractivity contribution in [3.63, 3.8) is 0 Å². The highest BCUT2D eigenvalue weighted by atomic mass is 32.2. The first-order chi connectivity index (χ1) is 19.8. The molecule has 3 saturated heterocycles. The van der Waals surface area contributed by atoms with E-state index in [4.69, 9.17) is 4.74 Å². The Morgan fingerprint density at radius 3 is 2.50 bits per heavy atom. The van der Waals surface area contributed by atoms with E-state index in [1.165, 1.54) is 16.7 Å². The third-order valence-electron chi connectivity index (χ3n) is 9.14. The number of aliphatic carboxylic acids is 1. The van der Waals surface area contributed by atoms with Crippen LogP contribution in [-0.2, 0) is 19.8 Å². The van der Waals surface area contributed by atoms with Crippen molar-refractivity contribution >= 4 is 41.3 Å². The number of amides is 3. The Bertz CT molecular complexity index is 1470. The maximum Gasteiger partial charge on any atom is 0.413 e. The zero-order valence-corrected chi connectivity index (χ0v) is 25.0. The molecular formula is C30H35N5O6S. The molecule has 4 aliphatic rings. The van der Waals surface area contributed by atoms with Crippen LogP contribution in [0.2, 0.25) is 0 Å². The van der Waals surface area contributed by atoms with Gasteiger partial charge in [-0.2, -0.15) is 0 Å². The van der Waals surface area contributed by atoms with Crippen LogP contribution in [0.1, 0.15) is 44.4 Å². The van der Waals surface area contributed by atoms with E-state index < -0.39 is 52.1 Å². The van der Waals surface area contributed by atoms with Crippen molar-refractivity contribution in [3.8, 4) is 5.75 Å². The van der Waals surface area contributed by atoms with Gasteiger partial charge in [0.15, 0.2) is 0 Å². The molecule has 4 heterocycles. The largest absolute Gasteiger partial charge is 0.480 e. The summed E-state index contributed by atoms with van der Waals surface area (Å²) in [6.45, 7) is 6.75. The number of thioether (sulfide) groups is 1. The molecule has 4 aliphatic heterocycles. The first-order valence-electron chi connectivity index (χ1n) is 14.0. The van der Waals surface area contributed by atoms with E-state index in [0.29, 0.717) is 11.3 Å². The van der Waals surface area contributed by atoms with Crippen LogP contribution in [-0.4, -0.2) is 87.8 Å². The standard InChI is InChI=1S/C30H35N5O6S/c1-29(2)22(26(38)39)35-24(37)21(25(35)42-29)31-23(36)20(16-9-7-6-8-10-16)32-28(40)41-17-11-12-19-18(15-17)30(3)13-14-33(4)27(30)34(19)5/h6-12,15,20-22,25,27H,13-14H2,1-5H3,(H,31,36)(H,32,40)(H,38,39)/t20?,21?,22?,25?,27-,30+/m1/s1. The number of carbonyl (C=O) groups is 4. The summed E-state index contributed by atoms with van der Waals surface area (Å²) in [5, 5.41) is 14.6. The van der Waals surface area contributed by atoms with Gasteiger partial charge in [-0.1, -0.05) is 37.3 Å². The van der Waals surface area contributed by atoms with Gasteiger partial charge in [0.25, 0.3) is 0 Å². The summed E-state index contributed by atoms with van der Waals surface area (Å²) < 4.78 is 4.97. The van der Waals surface area contributed by atoms with Crippen molar-refractivity contribution < 1.29 is 29.0 Å². The number of hydrogen-bond donors (Lipinski definition) is 3. The molecule has 2 aromatic rings. The maximum atomic E-state index is 13.5. The number of nitrogens with one attached hydrogen (secondary N) is 2. The number of anilines is 1. The number of benzene rings is 2. The Kier molecular flexibility index (Phi) is 6.69. The van der Waals surface area contributed by atoms with E-state index in [1.54, 1.807) is 50.2 Å². The molecular weight excluding hydrogens is 558 g/mol. The van der Waals surface area contributed by atoms with Gasteiger partial charge in [-0.25, -0.2) is 9.59 Å². The second-order valence-electron chi connectivity index (χ2n) is 12.3. The van der Waals surface area contributed by atoms with E-state index in [1.807, 2.05) is 12.1 Å². The Labute approximate surface area is 248 Å². The summed E-state index contributed by atoms with van der Waals surface area (Å²) in [5.74, 6) is -1.76. The highest BCUT2D eigenvalue weighted by Gasteiger charge is 2.64. The fourth-order valence-electron chi connectivity index (χ4n) is 7.20. The first kappa shape index (κ1) is 28.4. The summed E-state index contributed by atoms with van der Waals surface area (Å²) >= 11 is 1.34. The fourth-order valence-corrected chi connectivity index (χ4v) is 8.83. The normalized spacial score (nSPS) is 29.7. The smallest absolute Gasteiger partial charge is 0.413 e. The Hall–Kier alpha value is -3.77. The lowest BCUT2D eigenvalue weighted by Gasteiger charge is -2.43. The zero-order valence-electron chi connectivity index (χ0n) is 24.2. The number of rotatable bonds is 6. The molecule has 0 spiro atoms. The number of carbonyl (C=O) groups excluding carboxylic acids is 3. The number of likely N-dealkylation sites (N-methyl/N-ethyl adjacent to an activating group) is 2. The van der Waals surface area contributed by atoms with Crippen molar-refractivity contribution in [2.45, 2.75) is 67.0 Å². The van der Waals surface area contributed by atoms with Gasteiger partial charge in [-0.3, -0.25) is 14.5 Å². The Morgan fingerprint density at radius 2 is 1.81 bits per heavy atom. The predicted octanol–water partition coefficient (Wildman–Crippen LogP) is 2.52. The van der Waals surface area contributed by atoms with Crippen LogP contribution in [0.15, 0.2) is 48.5 Å². The average Bonchev–Trinajstić information content (AvgIpc) is 3.48. The number of β-lactam (4-membered cyclic amide) rings is 1. The molecule has 0 radical (unpaired) electrons. The van der Waals surface area contributed by atoms with Crippen molar-refractivity contribution in [2.75, 3.05) is 25.5 Å². The number of likely N-dealkylation sites (tertiary alicyclic amines) is 1. The SMILES string of the molecule is CN1CC[C@@]2(C)c3cc(OC(=O)NC(C(=O)NC4C(=O)N5C4SC(C)(C)C5C(=O)O)c4ccccc4)ccc3N(C)[C@@H]12. The van der Waals surface area contributed by atoms with Gasteiger partial charge in [0.1, 0.15) is 29.2 Å². The first-order valence-corrected chi connectivity index (χ1v) is 14.9. The van der Waals surface area contributed by atoms with Crippen LogP contribution >= 0.6 is 11.8 Å². The Balaban J connectivity index is 1.18. The summed E-state index contributed by atoms with van der Waals surface area (Å²) in [4.78, 5) is 57.4. The second-order valence-corrected chi connectivity index (χ2v) is 14.0. The van der Waals surface area contributed by atoms with Crippen molar-refractivity contribution in [3.05, 3.63) is 59.7 Å². The van der Waals surface area contributed by atoms with Crippen LogP contribution in [0.5, 0.6) is 5.75 Å². The minimum Gasteiger partial charge on any atom is -0.480 e. The van der Waals surface area contributed by atoms with Gasteiger partial charge in [-0.05, 0) is 56.6 Å². The molecule has 6 atom stereocenters. The molecule has 4 unspecified atom stereocenters. The molecule has 3 fully saturated rings. The lowest BCUT2D eigenvalue weighted by atomic mass is 9.81. The third-order valence-corrected chi connectivity index (χ3v) is 10.7. The lowest BCUT2D eigenvalue weighted by molar-refractivity contribution is -0.161. The highest BCUT2D eigenvalue weighted by Crippen LogP contribution is 2.52. The topological polar surface area (TPSA) is 132 Å². The minimum atomic E-state index is -1.14. The maximum absolute atomic E-state index is 13.5. The van der Waals surface area contributed by atoms with Crippen LogP contribution in [0.25, 0.3) is 0 Å². The van der Waals surface area contributed by atoms with Gasteiger partial charge in [-0.15, -0.1) is 11.8 Å². The van der Waals surface area contributed by atoms with Crippen LogP contribution in [0, 0.1) is 0 Å². The van der Waals surface area contributed by atoms with E-state index in [-0.39, 0.29) is 11.6 Å². The van der Waals surface area contributed by atoms with Crippen LogP contribution in [0.3, 0.4) is 0 Å². The number of ether oxygens (including phenoxy) is 1. The molecule has 11 nitrogen and oxygen atoms in total. The number of nitrogens with zero attached hydrogens (tertiary/aromatic N) is 3.